The zero-order valence-corrected chi connectivity index (χ0v) is 10.6. The molecule has 0 aromatic carbocycles. The second kappa shape index (κ2) is 4.71. The van der Waals surface area contributed by atoms with Crippen molar-refractivity contribution in [3.8, 4) is 0 Å². The van der Waals surface area contributed by atoms with E-state index in [1.165, 1.54) is 0 Å². The molecular weight excluding hydrogens is 415 g/mol. The fourth-order valence-electron chi connectivity index (χ4n) is 0.750. The summed E-state index contributed by atoms with van der Waals surface area (Å²) >= 11 is 4.02. The average molecular weight is 415 g/mol. The first-order valence-corrected chi connectivity index (χ1v) is 5.07. The Labute approximate surface area is 115 Å². The number of hydrogen-bond donors (Lipinski definition) is 0. The highest BCUT2D eigenvalue weighted by atomic mass is 79.9. The van der Waals surface area contributed by atoms with Crippen LogP contribution in [0.1, 0.15) is 0 Å². The minimum atomic E-state index is -7.59. The van der Waals surface area contributed by atoms with Crippen LogP contribution in [-0.2, 0) is 0 Å². The van der Waals surface area contributed by atoms with Crippen LogP contribution in [0.15, 0.2) is 0 Å². The molecule has 0 amide bonds. The molecule has 122 valence electrons. The van der Waals surface area contributed by atoms with Crippen molar-refractivity contribution in [2.75, 3.05) is 0 Å². The minimum absolute atomic E-state index is 0.583. The summed E-state index contributed by atoms with van der Waals surface area (Å²) in [5.74, 6) is -29.5. The lowest BCUT2D eigenvalue weighted by molar-refractivity contribution is -0.405. The highest BCUT2D eigenvalue weighted by molar-refractivity contribution is 9.10. The first-order valence-electron chi connectivity index (χ1n) is 3.90. The third-order valence-electron chi connectivity index (χ3n) is 1.90. The summed E-state index contributed by atoms with van der Waals surface area (Å²) in [6.07, 6.45) is 0. The minimum Gasteiger partial charge on any atom is -0.192 e. The van der Waals surface area contributed by atoms with Gasteiger partial charge in [-0.2, -0.15) is 52.7 Å². The predicted molar refractivity (Wildman–Crippen MR) is 44.5 cm³/mol. The molecule has 0 heterocycles. The molecule has 0 N–H and O–H groups in total. The normalized spacial score (nSPS) is 16.5. The van der Waals surface area contributed by atoms with Crippen LogP contribution < -0.4 is 0 Å². The lowest BCUT2D eigenvalue weighted by Gasteiger charge is -2.38. The van der Waals surface area contributed by atoms with E-state index in [0.717, 1.165) is 0 Å². The molecule has 0 spiro atoms. The van der Waals surface area contributed by atoms with E-state index in [-0.39, 0.29) is 0 Å². The molecule has 0 aliphatic rings. The lowest BCUT2D eigenvalue weighted by Crippen LogP contribution is -2.69. The largest absolute Gasteiger partial charge is 0.393 e. The highest BCUT2D eigenvalue weighted by Gasteiger charge is 2.89. The van der Waals surface area contributed by atoms with Gasteiger partial charge in [-0.1, -0.05) is 0 Å². The van der Waals surface area contributed by atoms with Gasteiger partial charge in [0.15, 0.2) is 0 Å². The third kappa shape index (κ3) is 2.55. The van der Waals surface area contributed by atoms with E-state index in [1.54, 1.807) is 0 Å². The van der Waals surface area contributed by atoms with Crippen LogP contribution >= 0.6 is 27.5 Å². The molecule has 0 unspecified atom stereocenters. The second-order valence-electron chi connectivity index (χ2n) is 3.29. The Morgan fingerprint density at radius 3 is 0.950 bits per heavy atom. The van der Waals surface area contributed by atoms with E-state index in [4.69, 9.17) is 0 Å². The summed E-state index contributed by atoms with van der Waals surface area (Å²) in [7, 11) is 0. The smallest absolute Gasteiger partial charge is 0.192 e. The van der Waals surface area contributed by atoms with Gasteiger partial charge in [0.1, 0.15) is 0 Å². The van der Waals surface area contributed by atoms with Crippen LogP contribution in [0.5, 0.6) is 0 Å². The van der Waals surface area contributed by atoms with Gasteiger partial charge in [0.05, 0.1) is 0 Å². The molecule has 0 atom stereocenters. The Balaban J connectivity index is 6.08. The summed E-state index contributed by atoms with van der Waals surface area (Å²) in [6, 6.07) is 0. The Morgan fingerprint density at radius 1 is 0.500 bits per heavy atom. The number of rotatable bonds is 5. The Kier molecular flexibility index (Phi) is 4.70. The molecule has 0 aromatic heterocycles. The van der Waals surface area contributed by atoms with Crippen molar-refractivity contribution in [3.05, 3.63) is 0 Å². The van der Waals surface area contributed by atoms with Gasteiger partial charge in [0.25, 0.3) is 0 Å². The summed E-state index contributed by atoms with van der Waals surface area (Å²) in [4.78, 5) is -6.09. The van der Waals surface area contributed by atoms with E-state index in [9.17, 15) is 52.7 Å². The van der Waals surface area contributed by atoms with E-state index >= 15 is 0 Å². The zero-order valence-electron chi connectivity index (χ0n) is 8.29. The summed E-state index contributed by atoms with van der Waals surface area (Å²) < 4.78 is 148. The van der Waals surface area contributed by atoms with Crippen molar-refractivity contribution in [3.63, 3.8) is 0 Å². The monoisotopic (exact) mass is 414 g/mol. The van der Waals surface area contributed by atoms with Crippen LogP contribution in [0.25, 0.3) is 0 Å². The van der Waals surface area contributed by atoms with E-state index < -0.39 is 33.9 Å². The molecule has 0 aliphatic heterocycles. The molecule has 0 radical (unpaired) electrons. The molecule has 20 heavy (non-hydrogen) atoms. The Bertz CT molecular complexity index is 329. The quantitative estimate of drug-likeness (QED) is 0.420. The maximum absolute atomic E-state index is 12.6. The highest BCUT2D eigenvalue weighted by Crippen LogP contribution is 2.61. The van der Waals surface area contributed by atoms with Crippen LogP contribution in [-0.4, -0.2) is 33.9 Å². The number of halogens is 14. The van der Waals surface area contributed by atoms with Gasteiger partial charge in [-0.15, -0.1) is 0 Å². The van der Waals surface area contributed by atoms with Gasteiger partial charge in [-0.05, 0) is 27.5 Å². The van der Waals surface area contributed by atoms with Crippen molar-refractivity contribution in [2.45, 2.75) is 33.9 Å². The Hall–Kier alpha value is -0.0700. The lowest BCUT2D eigenvalue weighted by atomic mass is 9.99. The van der Waals surface area contributed by atoms with Gasteiger partial charge in [-0.3, -0.25) is 0 Å². The molecule has 0 saturated carbocycles. The second-order valence-corrected chi connectivity index (χ2v) is 4.76. The molecule has 0 rings (SSSR count). The maximum Gasteiger partial charge on any atom is 0.393 e. The zero-order chi connectivity index (χ0) is 17.0. The molecule has 14 heteroatoms. The van der Waals surface area contributed by atoms with Crippen molar-refractivity contribution < 1.29 is 52.7 Å². The van der Waals surface area contributed by atoms with Crippen molar-refractivity contribution in [1.82, 2.24) is 0 Å². The average Bonchev–Trinajstić information content (AvgIpc) is 2.12. The third-order valence-corrected chi connectivity index (χ3v) is 2.63. The molecule has 0 bridgehead atoms. The van der Waals surface area contributed by atoms with Crippen LogP contribution in [0.4, 0.5) is 52.7 Å². The first kappa shape index (κ1) is 19.9. The molecule has 0 nitrogen and oxygen atoms in total. The van der Waals surface area contributed by atoms with E-state index in [1.807, 2.05) is 0 Å². The van der Waals surface area contributed by atoms with E-state index in [2.05, 4.69) is 11.6 Å². The fraction of sp³-hybridized carbons (Fsp3) is 1.00. The summed E-state index contributed by atoms with van der Waals surface area (Å²) in [5, 5.41) is -6.41. The SMILES string of the molecule is FC(F)(Cl)C(F)(F)C(F)(F)C(F)(F)C(F)(F)C(F)(F)Br. The van der Waals surface area contributed by atoms with Crippen molar-refractivity contribution >= 4 is 27.5 Å². The van der Waals surface area contributed by atoms with Gasteiger partial charge in [0, 0.05) is 0 Å². The van der Waals surface area contributed by atoms with Crippen LogP contribution in [0.2, 0.25) is 0 Å². The van der Waals surface area contributed by atoms with Crippen molar-refractivity contribution in [2.24, 2.45) is 0 Å². The molecule has 0 aromatic rings. The molecular formula is C6BrClF12. The molecule has 0 saturated heterocycles. The van der Waals surface area contributed by atoms with Crippen molar-refractivity contribution in [1.29, 1.82) is 0 Å². The van der Waals surface area contributed by atoms with E-state index in [0.29, 0.717) is 15.9 Å². The van der Waals surface area contributed by atoms with Gasteiger partial charge in [-0.25, -0.2) is 0 Å². The standard InChI is InChI=1S/C6BrClF12/c7-5(17,18)3(13,14)1(9,10)2(11,12)4(15,16)6(8,19)20. The summed E-state index contributed by atoms with van der Waals surface area (Å²) in [5.41, 5.74) is 0. The van der Waals surface area contributed by atoms with Gasteiger partial charge >= 0.3 is 33.9 Å². The summed E-state index contributed by atoms with van der Waals surface area (Å²) in [6.45, 7) is 0. The topological polar surface area (TPSA) is 0 Å². The van der Waals surface area contributed by atoms with Gasteiger partial charge in [0.2, 0.25) is 0 Å². The number of alkyl halides is 14. The Morgan fingerprint density at radius 2 is 0.750 bits per heavy atom. The number of hydrogen-bond acceptors (Lipinski definition) is 0. The van der Waals surface area contributed by atoms with Crippen LogP contribution in [0.3, 0.4) is 0 Å². The maximum atomic E-state index is 12.6. The van der Waals surface area contributed by atoms with Gasteiger partial charge < -0.3 is 0 Å². The molecule has 0 aliphatic carbocycles. The predicted octanol–water partition coefficient (Wildman–Crippen LogP) is 5.35. The first-order chi connectivity index (χ1) is 8.25. The van der Waals surface area contributed by atoms with Crippen LogP contribution in [0, 0.1) is 0 Å². The molecule has 0 fully saturated rings. The fourth-order valence-corrected chi connectivity index (χ4v) is 1.12.